The van der Waals surface area contributed by atoms with Crippen LogP contribution in [0.5, 0.6) is 0 Å². The van der Waals surface area contributed by atoms with Crippen molar-refractivity contribution < 1.29 is 22.8 Å². The predicted octanol–water partition coefficient (Wildman–Crippen LogP) is 0.463. The van der Waals surface area contributed by atoms with Crippen LogP contribution in [0.1, 0.15) is 6.92 Å². The third-order valence-electron chi connectivity index (χ3n) is 2.70. The molecule has 0 aliphatic carbocycles. The number of nitrogens with zero attached hydrogens (tertiary/aromatic N) is 2. The number of anilines is 2. The minimum Gasteiger partial charge on any atom is -0.357 e. The van der Waals surface area contributed by atoms with Crippen LogP contribution in [-0.2, 0) is 16.2 Å². The molecule has 12 heteroatoms. The molecule has 8 nitrogen and oxygen atoms in total. The third-order valence-corrected chi connectivity index (χ3v) is 3.03. The zero-order valence-electron chi connectivity index (χ0n) is 11.2. The highest BCUT2D eigenvalue weighted by Gasteiger charge is 2.44. The van der Waals surface area contributed by atoms with Gasteiger partial charge in [-0.1, -0.05) is 0 Å². The summed E-state index contributed by atoms with van der Waals surface area (Å²) in [6.07, 6.45) is -5.16. The van der Waals surface area contributed by atoms with E-state index in [1.807, 2.05) is 0 Å². The van der Waals surface area contributed by atoms with E-state index in [1.54, 1.807) is 6.92 Å². The summed E-state index contributed by atoms with van der Waals surface area (Å²) in [5.74, 6) is -2.48. The van der Waals surface area contributed by atoms with E-state index in [0.29, 0.717) is 5.06 Å². The van der Waals surface area contributed by atoms with Crippen molar-refractivity contribution in [3.05, 3.63) is 15.1 Å². The smallest absolute Gasteiger partial charge is 0.357 e. The largest absolute Gasteiger partial charge is 0.493 e. The number of hydroxylamine groups is 1. The predicted molar refractivity (Wildman–Crippen MR) is 72.7 cm³/mol. The van der Waals surface area contributed by atoms with Gasteiger partial charge in [0, 0.05) is 12.6 Å². The summed E-state index contributed by atoms with van der Waals surface area (Å²) in [6.45, 7) is 1.44. The first-order valence-electron chi connectivity index (χ1n) is 6.04. The Balaban J connectivity index is 2.46. The Bertz CT molecular complexity index is 711. The number of halogens is 3. The van der Waals surface area contributed by atoms with Gasteiger partial charge in [-0.25, -0.2) is 4.79 Å². The van der Waals surface area contributed by atoms with E-state index < -0.39 is 23.7 Å². The number of nitrogens with two attached hydrogens (primary N) is 1. The molecule has 1 unspecified atom stereocenters. The van der Waals surface area contributed by atoms with E-state index in [1.165, 1.54) is 4.57 Å². The molecule has 0 fully saturated rings. The van der Waals surface area contributed by atoms with Gasteiger partial charge in [-0.05, 0) is 19.1 Å². The first kappa shape index (κ1) is 16.3. The fourth-order valence-electron chi connectivity index (χ4n) is 1.89. The van der Waals surface area contributed by atoms with Crippen molar-refractivity contribution in [1.82, 2.24) is 9.55 Å². The van der Waals surface area contributed by atoms with Crippen LogP contribution in [0.4, 0.5) is 24.7 Å². The second-order valence-corrected chi connectivity index (χ2v) is 5.02. The van der Waals surface area contributed by atoms with Gasteiger partial charge in [0.05, 0.1) is 0 Å². The van der Waals surface area contributed by atoms with E-state index in [9.17, 15) is 22.8 Å². The molecule has 122 valence electrons. The fourth-order valence-corrected chi connectivity index (χ4v) is 2.14. The van der Waals surface area contributed by atoms with E-state index in [2.05, 4.69) is 15.1 Å². The molecule has 2 heterocycles. The van der Waals surface area contributed by atoms with E-state index in [4.69, 9.17) is 18.0 Å². The molecule has 1 aromatic heterocycles. The molecule has 22 heavy (non-hydrogen) atoms. The average molecular weight is 339 g/mol. The van der Waals surface area contributed by atoms with Gasteiger partial charge in [-0.15, -0.1) is 0 Å². The lowest BCUT2D eigenvalue weighted by molar-refractivity contribution is -0.201. The first-order valence-corrected chi connectivity index (χ1v) is 6.45. The van der Waals surface area contributed by atoms with Gasteiger partial charge in [0.25, 0.3) is 5.56 Å². The van der Waals surface area contributed by atoms with Crippen LogP contribution in [0.15, 0.2) is 4.79 Å². The molecule has 0 spiro atoms. The second kappa shape index (κ2) is 5.61. The Morgan fingerprint density at radius 1 is 1.55 bits per heavy atom. The van der Waals surface area contributed by atoms with Gasteiger partial charge in [-0.3, -0.25) is 14.3 Å². The lowest BCUT2D eigenvalue weighted by atomic mass is 10.3. The quantitative estimate of drug-likeness (QED) is 0.687. The maximum atomic E-state index is 12.3. The van der Waals surface area contributed by atoms with Crippen molar-refractivity contribution in [3.8, 4) is 0 Å². The highest BCUT2D eigenvalue weighted by molar-refractivity contribution is 7.71. The number of carbonyl (C=O) groups is 1. The number of fused-ring (bicyclic) bond motifs is 1. The van der Waals surface area contributed by atoms with Gasteiger partial charge in [0.1, 0.15) is 12.4 Å². The molecule has 0 bridgehead atoms. The number of rotatable bonds is 3. The summed E-state index contributed by atoms with van der Waals surface area (Å²) >= 11 is 4.97. The maximum Gasteiger partial charge on any atom is 0.493 e. The zero-order valence-corrected chi connectivity index (χ0v) is 12.0. The third kappa shape index (κ3) is 3.06. The Hall–Kier alpha value is -2.08. The zero-order chi connectivity index (χ0) is 16.7. The second-order valence-electron chi connectivity index (χ2n) is 4.64. The molecular formula is C10H12F3N5O3S. The monoisotopic (exact) mass is 339 g/mol. The van der Waals surface area contributed by atoms with Crippen LogP contribution >= 0.6 is 12.2 Å². The van der Waals surface area contributed by atoms with Gasteiger partial charge < -0.3 is 15.9 Å². The Labute approximate surface area is 126 Å². The van der Waals surface area contributed by atoms with Gasteiger partial charge in [0.15, 0.2) is 10.6 Å². The Morgan fingerprint density at radius 2 is 2.18 bits per heavy atom. The number of hydrogen-bond donors (Lipinski definition) is 3. The fraction of sp³-hybridized carbons (Fsp3) is 0.500. The van der Waals surface area contributed by atoms with Crippen molar-refractivity contribution in [2.75, 3.05) is 17.0 Å². The summed E-state index contributed by atoms with van der Waals surface area (Å²) in [5.41, 5.74) is 4.97. The molecule has 1 atom stereocenters. The summed E-state index contributed by atoms with van der Waals surface area (Å²) in [6, 6.07) is -0.400. The number of nitrogens with one attached hydrogen (secondary N) is 2. The first-order chi connectivity index (χ1) is 10.1. The van der Waals surface area contributed by atoms with Crippen LogP contribution < -0.4 is 21.7 Å². The normalized spacial score (nSPS) is 15.2. The minimum atomic E-state index is -5.16. The topological polar surface area (TPSA) is 105 Å². The van der Waals surface area contributed by atoms with Gasteiger partial charge in [0.2, 0.25) is 0 Å². The molecule has 0 saturated heterocycles. The number of H-pyrrole nitrogens is 1. The molecule has 4 N–H and O–H groups in total. The lowest BCUT2D eigenvalue weighted by Gasteiger charge is -2.21. The maximum absolute atomic E-state index is 12.3. The number of alkyl halides is 3. The summed E-state index contributed by atoms with van der Waals surface area (Å²) in [4.78, 5) is 29.4. The Kier molecular flexibility index (Phi) is 4.15. The van der Waals surface area contributed by atoms with Gasteiger partial charge >= 0.3 is 12.1 Å². The van der Waals surface area contributed by atoms with Crippen molar-refractivity contribution in [1.29, 1.82) is 0 Å². The minimum absolute atomic E-state index is 0.0437. The van der Waals surface area contributed by atoms with Crippen LogP contribution in [-0.4, -0.2) is 34.4 Å². The van der Waals surface area contributed by atoms with Crippen molar-refractivity contribution in [3.63, 3.8) is 0 Å². The molecule has 1 aromatic rings. The molecular weight excluding hydrogens is 327 g/mol. The van der Waals surface area contributed by atoms with E-state index in [0.717, 1.165) is 0 Å². The molecule has 0 amide bonds. The molecule has 0 saturated carbocycles. The average Bonchev–Trinajstić information content (AvgIpc) is 2.77. The molecule has 1 aliphatic heterocycles. The highest BCUT2D eigenvalue weighted by Crippen LogP contribution is 2.29. The summed E-state index contributed by atoms with van der Waals surface area (Å²) < 4.78 is 38.2. The lowest BCUT2D eigenvalue weighted by Crippen LogP contribution is -2.36. The van der Waals surface area contributed by atoms with E-state index in [-0.39, 0.29) is 29.5 Å². The van der Waals surface area contributed by atoms with E-state index >= 15 is 0 Å². The number of hydrogen-bond acceptors (Lipinski definition) is 7. The van der Waals surface area contributed by atoms with Gasteiger partial charge in [-0.2, -0.15) is 18.2 Å². The van der Waals surface area contributed by atoms with Crippen molar-refractivity contribution in [2.45, 2.75) is 25.7 Å². The number of aromatic amines is 1. The molecule has 0 aromatic carbocycles. The van der Waals surface area contributed by atoms with Crippen LogP contribution in [0.2, 0.25) is 0 Å². The van der Waals surface area contributed by atoms with Crippen molar-refractivity contribution in [2.24, 2.45) is 5.73 Å². The number of carbonyl (C=O) groups excluding carboxylic acids is 1. The molecule has 0 radical (unpaired) electrons. The van der Waals surface area contributed by atoms with Crippen molar-refractivity contribution >= 4 is 29.7 Å². The number of aromatic nitrogens is 2. The standard InChI is InChI=1S/C10H12F3N5O3S/c1-4(14)2-17-7-5(6(19)16-9(17)22)15-3-18(7)21-8(20)10(11,12)13/h4,15H,2-3,14H2,1H3,(H,16,19,22). The summed E-state index contributed by atoms with van der Waals surface area (Å²) in [7, 11) is 0. The van der Waals surface area contributed by atoms with Crippen LogP contribution in [0, 0.1) is 4.77 Å². The molecule has 1 aliphatic rings. The van der Waals surface area contributed by atoms with Crippen LogP contribution in [0.3, 0.4) is 0 Å². The Morgan fingerprint density at radius 3 is 2.73 bits per heavy atom. The summed E-state index contributed by atoms with van der Waals surface area (Å²) in [5, 5.41) is 3.17. The van der Waals surface area contributed by atoms with Crippen LogP contribution in [0.25, 0.3) is 0 Å². The molecule has 2 rings (SSSR count). The highest BCUT2D eigenvalue weighted by atomic mass is 32.1. The SMILES string of the molecule is CC(N)Cn1c2c(c(=O)[nH]c1=S)NCN2OC(=O)C(F)(F)F.